The van der Waals surface area contributed by atoms with Crippen molar-refractivity contribution < 1.29 is 24.4 Å². The van der Waals surface area contributed by atoms with Gasteiger partial charge in [-0.3, -0.25) is 4.99 Å². The van der Waals surface area contributed by atoms with E-state index in [0.717, 1.165) is 0 Å². The average Bonchev–Trinajstić information content (AvgIpc) is 2.95. The fraction of sp³-hybridized carbons (Fsp3) is 0.727. The van der Waals surface area contributed by atoms with E-state index in [1.165, 1.54) is 11.2 Å². The third kappa shape index (κ3) is 1.98. The molecule has 3 aliphatic rings. The monoisotopic (exact) mass is 301 g/mol. The Labute approximate surface area is 119 Å². The number of alkyl halides is 1. The number of aliphatic imine (C=N–C) groups is 3. The lowest BCUT2D eigenvalue weighted by molar-refractivity contribution is -0.211. The number of rotatable bonds is 2. The van der Waals surface area contributed by atoms with Crippen LogP contribution in [0.1, 0.15) is 6.92 Å². The molecule has 0 radical (unpaired) electrons. The summed E-state index contributed by atoms with van der Waals surface area (Å²) in [6.45, 7) is 0.615. The molecule has 9 nitrogen and oxygen atoms in total. The van der Waals surface area contributed by atoms with Crippen molar-refractivity contribution in [2.75, 3.05) is 6.61 Å². The molecule has 0 aromatic heterocycles. The zero-order valence-electron chi connectivity index (χ0n) is 11.2. The number of hydrogen-bond donors (Lipinski definition) is 4. The number of fused-ring (bicyclic) bond motifs is 1. The van der Waals surface area contributed by atoms with Crippen molar-refractivity contribution in [1.82, 2.24) is 4.90 Å². The molecule has 5 N–H and O–H groups in total. The van der Waals surface area contributed by atoms with Gasteiger partial charge in [0.05, 0.1) is 6.34 Å². The van der Waals surface area contributed by atoms with E-state index in [1.54, 1.807) is 6.92 Å². The molecule has 0 aromatic carbocycles. The highest BCUT2D eigenvalue weighted by atomic mass is 19.2. The number of halogens is 1. The van der Waals surface area contributed by atoms with E-state index in [0.29, 0.717) is 0 Å². The van der Waals surface area contributed by atoms with Crippen molar-refractivity contribution in [2.24, 2.45) is 26.6 Å². The summed E-state index contributed by atoms with van der Waals surface area (Å²) in [5.74, 6) is -3.60. The Kier molecular flexibility index (Phi) is 3.11. The predicted octanol–water partition coefficient (Wildman–Crippen LogP) is -1.68. The maximum atomic E-state index is 14.2. The number of nitrogens with zero attached hydrogens (tertiary/aromatic N) is 4. The van der Waals surface area contributed by atoms with Gasteiger partial charge in [-0.1, -0.05) is 6.92 Å². The second-order valence-corrected chi connectivity index (χ2v) is 5.28. The molecule has 3 heterocycles. The Bertz CT molecular complexity index is 541. The van der Waals surface area contributed by atoms with Gasteiger partial charge in [0.25, 0.3) is 5.85 Å². The molecule has 1 saturated heterocycles. The van der Waals surface area contributed by atoms with Gasteiger partial charge in [0.1, 0.15) is 18.9 Å². The maximum Gasteiger partial charge on any atom is 0.260 e. The summed E-state index contributed by atoms with van der Waals surface area (Å²) in [4.78, 5) is 13.2. The van der Waals surface area contributed by atoms with Crippen LogP contribution in [-0.4, -0.2) is 75.4 Å². The predicted molar refractivity (Wildman–Crippen MR) is 70.6 cm³/mol. The van der Waals surface area contributed by atoms with Gasteiger partial charge >= 0.3 is 0 Å². The quantitative estimate of drug-likeness (QED) is 0.481. The lowest BCUT2D eigenvalue weighted by atomic mass is 10.00. The van der Waals surface area contributed by atoms with Gasteiger partial charge in [-0.25, -0.2) is 9.38 Å². The normalized spacial score (nSPS) is 45.5. The Morgan fingerprint density at radius 2 is 2.29 bits per heavy atom. The molecule has 10 heteroatoms. The van der Waals surface area contributed by atoms with E-state index in [1.807, 2.05) is 0 Å². The first kappa shape index (κ1) is 14.2. The van der Waals surface area contributed by atoms with E-state index >= 15 is 0 Å². The number of aliphatic hydroxyl groups is 3. The van der Waals surface area contributed by atoms with E-state index in [2.05, 4.69) is 15.0 Å². The molecule has 0 spiro atoms. The minimum Gasteiger partial charge on any atom is -0.495 e. The maximum absolute atomic E-state index is 14.2. The molecule has 0 saturated carbocycles. The Morgan fingerprint density at radius 3 is 2.90 bits per heavy atom. The van der Waals surface area contributed by atoms with E-state index in [9.17, 15) is 14.6 Å². The van der Waals surface area contributed by atoms with Crippen LogP contribution in [0.15, 0.2) is 15.0 Å². The number of ether oxygens (including phenoxy) is 1. The fourth-order valence-electron chi connectivity index (χ4n) is 2.75. The van der Waals surface area contributed by atoms with Gasteiger partial charge in [-0.2, -0.15) is 4.99 Å². The van der Waals surface area contributed by atoms with E-state index in [4.69, 9.17) is 15.6 Å². The Balaban J connectivity index is 1.86. The largest absolute Gasteiger partial charge is 0.495 e. The summed E-state index contributed by atoms with van der Waals surface area (Å²) < 4.78 is 19.4. The summed E-state index contributed by atoms with van der Waals surface area (Å²) in [5, 5.41) is 28.7. The van der Waals surface area contributed by atoms with Gasteiger partial charge in [-0.15, -0.1) is 0 Å². The number of nitrogens with two attached hydrogens (primary N) is 1. The van der Waals surface area contributed by atoms with Crippen molar-refractivity contribution in [1.29, 1.82) is 0 Å². The van der Waals surface area contributed by atoms with Gasteiger partial charge in [-0.05, 0) is 0 Å². The van der Waals surface area contributed by atoms with Crippen LogP contribution in [0.25, 0.3) is 0 Å². The molecule has 0 amide bonds. The van der Waals surface area contributed by atoms with Crippen LogP contribution in [0, 0.1) is 5.92 Å². The van der Waals surface area contributed by atoms with Crippen molar-refractivity contribution >= 4 is 18.2 Å². The standard InChI is InChI=1S/C11H16FN5O4/c1-4-6(19)11(12,2-18)21-9(4)17-3-14-5-7(17)15-10(13)16-8(5)20/h3-7,9,18-19H,2H2,1H3,(H3,13,15,16,20)/t4-,5?,6-,7?,9+,11+/m0/s1. The summed E-state index contributed by atoms with van der Waals surface area (Å²) in [6.07, 6.45) is -1.77. The molecule has 21 heavy (non-hydrogen) atoms. The first-order chi connectivity index (χ1) is 9.87. The van der Waals surface area contributed by atoms with Crippen molar-refractivity contribution in [2.45, 2.75) is 37.3 Å². The van der Waals surface area contributed by atoms with Crippen molar-refractivity contribution in [3.8, 4) is 0 Å². The van der Waals surface area contributed by atoms with Gasteiger partial charge in [0, 0.05) is 5.92 Å². The number of aliphatic hydroxyl groups excluding tert-OH is 3. The third-order valence-electron chi connectivity index (χ3n) is 3.92. The highest BCUT2D eigenvalue weighted by Crippen LogP contribution is 2.39. The highest BCUT2D eigenvalue weighted by molar-refractivity contribution is 5.98. The molecule has 0 bridgehead atoms. The molecular weight excluding hydrogens is 285 g/mol. The number of guanidine groups is 1. The first-order valence-electron chi connectivity index (χ1n) is 6.44. The summed E-state index contributed by atoms with van der Waals surface area (Å²) >= 11 is 0. The minimum atomic E-state index is -2.55. The molecule has 116 valence electrons. The smallest absolute Gasteiger partial charge is 0.260 e. The molecule has 0 aliphatic carbocycles. The highest BCUT2D eigenvalue weighted by Gasteiger charge is 2.57. The van der Waals surface area contributed by atoms with Crippen LogP contribution in [0.2, 0.25) is 0 Å². The molecule has 3 aliphatic heterocycles. The summed E-state index contributed by atoms with van der Waals surface area (Å²) in [5.41, 5.74) is 5.50. The topological polar surface area (TPSA) is 136 Å². The minimum absolute atomic E-state index is 0.121. The van der Waals surface area contributed by atoms with Gasteiger partial charge in [0.15, 0.2) is 12.2 Å². The summed E-state index contributed by atoms with van der Waals surface area (Å²) in [7, 11) is 0. The zero-order chi connectivity index (χ0) is 15.4. The van der Waals surface area contributed by atoms with Crippen LogP contribution in [-0.2, 0) is 4.74 Å². The molecule has 2 unspecified atom stereocenters. The Morgan fingerprint density at radius 1 is 1.57 bits per heavy atom. The summed E-state index contributed by atoms with van der Waals surface area (Å²) in [6, 6.07) is -0.742. The van der Waals surface area contributed by atoms with Crippen molar-refractivity contribution in [3.63, 3.8) is 0 Å². The van der Waals surface area contributed by atoms with E-state index in [-0.39, 0.29) is 11.9 Å². The third-order valence-corrected chi connectivity index (χ3v) is 3.92. The lowest BCUT2D eigenvalue weighted by Crippen LogP contribution is -2.49. The van der Waals surface area contributed by atoms with Crippen molar-refractivity contribution in [3.05, 3.63) is 0 Å². The molecule has 0 aromatic rings. The lowest BCUT2D eigenvalue weighted by Gasteiger charge is -2.32. The van der Waals surface area contributed by atoms with Crippen LogP contribution < -0.4 is 5.73 Å². The van der Waals surface area contributed by atoms with Crippen LogP contribution in [0.3, 0.4) is 0 Å². The second-order valence-electron chi connectivity index (χ2n) is 5.28. The van der Waals surface area contributed by atoms with Gasteiger partial charge < -0.3 is 30.7 Å². The Hall–Kier alpha value is -1.78. The molecule has 1 fully saturated rings. The molecule has 6 atom stereocenters. The van der Waals surface area contributed by atoms with Crippen LogP contribution in [0.5, 0.6) is 0 Å². The second kappa shape index (κ2) is 4.61. The molecule has 3 rings (SSSR count). The first-order valence-corrected chi connectivity index (χ1v) is 6.44. The zero-order valence-corrected chi connectivity index (χ0v) is 11.2. The fourth-order valence-corrected chi connectivity index (χ4v) is 2.75. The van der Waals surface area contributed by atoms with Crippen LogP contribution in [0.4, 0.5) is 4.39 Å². The SMILES string of the molecule is C[C@@H]1[C@H](N2C=NC3C(O)=NC(N)=NC32)O[C@](F)(CO)[C@H]1O. The number of hydrogen-bond acceptors (Lipinski definition) is 8. The average molecular weight is 301 g/mol. The molecular formula is C11H16FN5O4. The van der Waals surface area contributed by atoms with E-state index < -0.39 is 42.9 Å². The van der Waals surface area contributed by atoms with Gasteiger partial charge in [0.2, 0.25) is 11.9 Å². The van der Waals surface area contributed by atoms with Crippen LogP contribution >= 0.6 is 0 Å².